The van der Waals surface area contributed by atoms with Gasteiger partial charge in [-0.1, -0.05) is 58.8 Å². The van der Waals surface area contributed by atoms with Crippen LogP contribution < -0.4 is 0 Å². The monoisotopic (exact) mass is 294 g/mol. The molecule has 0 aromatic carbocycles. The van der Waals surface area contributed by atoms with Gasteiger partial charge in [-0.05, 0) is 19.3 Å². The van der Waals surface area contributed by atoms with Gasteiger partial charge < -0.3 is 5.11 Å². The van der Waals surface area contributed by atoms with Crippen LogP contribution in [0.5, 0.6) is 0 Å². The summed E-state index contributed by atoms with van der Waals surface area (Å²) in [5.74, 6) is 0. The molecule has 2 atom stereocenters. The van der Waals surface area contributed by atoms with Crippen LogP contribution in [0.2, 0.25) is 0 Å². The molecular weight excluding hydrogens is 264 g/mol. The maximum Gasteiger partial charge on any atom is 0.267 e. The van der Waals surface area contributed by atoms with Crippen LogP contribution in [0.25, 0.3) is 0 Å². The van der Waals surface area contributed by atoms with E-state index in [1.54, 1.807) is 6.92 Å². The lowest BCUT2D eigenvalue weighted by Crippen LogP contribution is -2.25. The Labute approximate surface area is 118 Å². The van der Waals surface area contributed by atoms with Gasteiger partial charge in [-0.3, -0.25) is 4.55 Å². The zero-order chi connectivity index (χ0) is 14.7. The lowest BCUT2D eigenvalue weighted by atomic mass is 10.0. The van der Waals surface area contributed by atoms with Crippen molar-refractivity contribution in [2.45, 2.75) is 89.4 Å². The number of rotatable bonds is 12. The average molecular weight is 294 g/mol. The van der Waals surface area contributed by atoms with Crippen LogP contribution in [0.15, 0.2) is 0 Å². The molecule has 0 aliphatic heterocycles. The zero-order valence-electron chi connectivity index (χ0n) is 12.3. The molecule has 0 aliphatic carbocycles. The Hall–Kier alpha value is -0.130. The molecule has 4 nitrogen and oxygen atoms in total. The minimum atomic E-state index is -4.03. The molecule has 0 amide bonds. The van der Waals surface area contributed by atoms with Gasteiger partial charge in [0.1, 0.15) is 0 Å². The van der Waals surface area contributed by atoms with Crippen LogP contribution >= 0.6 is 0 Å². The van der Waals surface area contributed by atoms with Crippen molar-refractivity contribution >= 4 is 10.1 Å². The first-order valence-electron chi connectivity index (χ1n) is 7.56. The topological polar surface area (TPSA) is 74.6 Å². The fraction of sp³-hybridized carbons (Fsp3) is 1.00. The number of hydrogen-bond donors (Lipinski definition) is 2. The van der Waals surface area contributed by atoms with Gasteiger partial charge in [-0.15, -0.1) is 0 Å². The Morgan fingerprint density at radius 3 is 1.95 bits per heavy atom. The van der Waals surface area contributed by atoms with Gasteiger partial charge in [-0.25, -0.2) is 0 Å². The Kier molecular flexibility index (Phi) is 10.6. The Bertz CT molecular complexity index is 301. The summed E-state index contributed by atoms with van der Waals surface area (Å²) < 4.78 is 31.6. The quantitative estimate of drug-likeness (QED) is 0.426. The second-order valence-corrected chi connectivity index (χ2v) is 7.04. The lowest BCUT2D eigenvalue weighted by molar-refractivity contribution is 0.156. The number of unbranched alkanes of at least 4 members (excludes halogenated alkanes) is 6. The van der Waals surface area contributed by atoms with Gasteiger partial charge in [0, 0.05) is 0 Å². The molecule has 0 bridgehead atoms. The standard InChI is InChI=1S/C14H30O4S/c1-3-5-6-7-8-9-10-11-14(19(16,17)18)12-13(15)4-2/h13-15H,3-12H2,1-2H3,(H,16,17,18). The van der Waals surface area contributed by atoms with Gasteiger partial charge in [0.05, 0.1) is 11.4 Å². The summed E-state index contributed by atoms with van der Waals surface area (Å²) in [5.41, 5.74) is 0. The van der Waals surface area contributed by atoms with Gasteiger partial charge in [0.2, 0.25) is 0 Å². The van der Waals surface area contributed by atoms with Gasteiger partial charge in [0.15, 0.2) is 0 Å². The third-order valence-corrected chi connectivity index (χ3v) is 4.83. The third kappa shape index (κ3) is 10.3. The Morgan fingerprint density at radius 1 is 0.947 bits per heavy atom. The summed E-state index contributed by atoms with van der Waals surface area (Å²) in [4.78, 5) is 0. The first-order valence-corrected chi connectivity index (χ1v) is 9.06. The number of hydrogen-bond acceptors (Lipinski definition) is 3. The average Bonchev–Trinajstić information content (AvgIpc) is 2.34. The van der Waals surface area contributed by atoms with E-state index in [1.807, 2.05) is 0 Å². The molecule has 116 valence electrons. The van der Waals surface area contributed by atoms with Crippen LogP contribution in [-0.4, -0.2) is 29.4 Å². The largest absolute Gasteiger partial charge is 0.393 e. The maximum absolute atomic E-state index is 11.2. The highest BCUT2D eigenvalue weighted by molar-refractivity contribution is 7.86. The van der Waals surface area contributed by atoms with Gasteiger partial charge in [-0.2, -0.15) is 8.42 Å². The van der Waals surface area contributed by atoms with Gasteiger partial charge in [0.25, 0.3) is 10.1 Å². The molecule has 0 aliphatic rings. The van der Waals surface area contributed by atoms with Crippen molar-refractivity contribution < 1.29 is 18.1 Å². The van der Waals surface area contributed by atoms with Crippen molar-refractivity contribution in [2.24, 2.45) is 0 Å². The highest BCUT2D eigenvalue weighted by Gasteiger charge is 2.24. The molecule has 19 heavy (non-hydrogen) atoms. The van der Waals surface area contributed by atoms with E-state index in [9.17, 15) is 13.5 Å². The van der Waals surface area contributed by atoms with E-state index >= 15 is 0 Å². The summed E-state index contributed by atoms with van der Waals surface area (Å²) in [6.45, 7) is 3.98. The van der Waals surface area contributed by atoms with Crippen molar-refractivity contribution in [1.29, 1.82) is 0 Å². The highest BCUT2D eigenvalue weighted by atomic mass is 32.2. The molecule has 2 N–H and O–H groups in total. The summed E-state index contributed by atoms with van der Waals surface area (Å²) in [6.07, 6.45) is 8.30. The molecule has 0 fully saturated rings. The molecule has 0 spiro atoms. The Balaban J connectivity index is 3.88. The molecule has 0 heterocycles. The first-order chi connectivity index (χ1) is 8.91. The highest BCUT2D eigenvalue weighted by Crippen LogP contribution is 2.18. The molecule has 5 heteroatoms. The SMILES string of the molecule is CCCCCCCCCC(CC(O)CC)S(=O)(=O)O. The molecular formula is C14H30O4S. The van der Waals surface area contributed by atoms with E-state index in [2.05, 4.69) is 6.92 Å². The second kappa shape index (κ2) is 10.6. The van der Waals surface area contributed by atoms with Crippen molar-refractivity contribution in [3.63, 3.8) is 0 Å². The molecule has 0 aromatic heterocycles. The second-order valence-electron chi connectivity index (χ2n) is 5.34. The summed E-state index contributed by atoms with van der Waals surface area (Å²) in [7, 11) is -4.03. The number of aliphatic hydroxyl groups excluding tert-OH is 1. The van der Waals surface area contributed by atoms with E-state index in [0.29, 0.717) is 12.8 Å². The van der Waals surface area contributed by atoms with Crippen molar-refractivity contribution in [3.05, 3.63) is 0 Å². The molecule has 0 rings (SSSR count). The number of aliphatic hydroxyl groups is 1. The Morgan fingerprint density at radius 2 is 1.47 bits per heavy atom. The normalized spacial score (nSPS) is 15.4. The van der Waals surface area contributed by atoms with Crippen molar-refractivity contribution in [1.82, 2.24) is 0 Å². The minimum absolute atomic E-state index is 0.144. The zero-order valence-corrected chi connectivity index (χ0v) is 13.2. The van der Waals surface area contributed by atoms with Crippen LogP contribution in [0.1, 0.15) is 78.1 Å². The van der Waals surface area contributed by atoms with Gasteiger partial charge >= 0.3 is 0 Å². The lowest BCUT2D eigenvalue weighted by Gasteiger charge is -2.16. The van der Waals surface area contributed by atoms with Crippen molar-refractivity contribution in [3.8, 4) is 0 Å². The summed E-state index contributed by atoms with van der Waals surface area (Å²) in [5, 5.41) is 8.71. The third-order valence-electron chi connectivity index (χ3n) is 3.56. The molecule has 0 saturated carbocycles. The van der Waals surface area contributed by atoms with E-state index in [0.717, 1.165) is 19.3 Å². The predicted octanol–water partition coefficient (Wildman–Crippen LogP) is 3.54. The van der Waals surface area contributed by atoms with E-state index in [1.165, 1.54) is 25.7 Å². The van der Waals surface area contributed by atoms with Crippen LogP contribution in [0, 0.1) is 0 Å². The summed E-state index contributed by atoms with van der Waals surface area (Å²) >= 11 is 0. The van der Waals surface area contributed by atoms with Crippen molar-refractivity contribution in [2.75, 3.05) is 0 Å². The predicted molar refractivity (Wildman–Crippen MR) is 78.9 cm³/mol. The maximum atomic E-state index is 11.2. The van der Waals surface area contributed by atoms with Crippen LogP contribution in [-0.2, 0) is 10.1 Å². The van der Waals surface area contributed by atoms with Crippen LogP contribution in [0.3, 0.4) is 0 Å². The van der Waals surface area contributed by atoms with E-state index in [4.69, 9.17) is 4.55 Å². The first kappa shape index (κ1) is 18.9. The van der Waals surface area contributed by atoms with E-state index < -0.39 is 21.5 Å². The summed E-state index contributed by atoms with van der Waals surface area (Å²) in [6, 6.07) is 0. The molecule has 0 saturated heterocycles. The fourth-order valence-corrected chi connectivity index (χ4v) is 3.12. The molecule has 0 aromatic rings. The smallest absolute Gasteiger partial charge is 0.267 e. The molecule has 0 radical (unpaired) electrons. The fourth-order valence-electron chi connectivity index (χ4n) is 2.19. The molecule has 2 unspecified atom stereocenters. The van der Waals surface area contributed by atoms with E-state index in [-0.39, 0.29) is 6.42 Å². The minimum Gasteiger partial charge on any atom is -0.393 e. The van der Waals surface area contributed by atoms with Crippen LogP contribution in [0.4, 0.5) is 0 Å².